The minimum Gasteiger partial charge on any atom is -0.377 e. The number of hydrogen-bond donors (Lipinski definition) is 1. The van der Waals surface area contributed by atoms with Crippen LogP contribution in [0.3, 0.4) is 0 Å². The van der Waals surface area contributed by atoms with E-state index in [2.05, 4.69) is 17.1 Å². The first-order chi connectivity index (χ1) is 7.22. The Morgan fingerprint density at radius 2 is 2.27 bits per heavy atom. The van der Waals surface area contributed by atoms with Gasteiger partial charge in [-0.2, -0.15) is 0 Å². The zero-order valence-electron chi connectivity index (χ0n) is 10.1. The van der Waals surface area contributed by atoms with Gasteiger partial charge in [0, 0.05) is 13.7 Å². The number of nitrogens with one attached hydrogen (secondary N) is 1. The highest BCUT2D eigenvalue weighted by atomic mass is 16.5. The molecular formula is C12H24N2O. The fourth-order valence-electron chi connectivity index (χ4n) is 2.58. The molecule has 0 radical (unpaired) electrons. The van der Waals surface area contributed by atoms with E-state index < -0.39 is 0 Å². The lowest BCUT2D eigenvalue weighted by molar-refractivity contribution is -0.0518. The van der Waals surface area contributed by atoms with E-state index in [1.165, 1.54) is 45.4 Å². The van der Waals surface area contributed by atoms with Crippen LogP contribution in [0.5, 0.6) is 0 Å². The van der Waals surface area contributed by atoms with Crippen molar-refractivity contribution in [3.05, 3.63) is 0 Å². The third-order valence-corrected chi connectivity index (χ3v) is 3.95. The second-order valence-electron chi connectivity index (χ2n) is 5.35. The summed E-state index contributed by atoms with van der Waals surface area (Å²) in [7, 11) is 1.85. The Hall–Kier alpha value is -0.120. The van der Waals surface area contributed by atoms with Crippen molar-refractivity contribution in [1.82, 2.24) is 10.2 Å². The van der Waals surface area contributed by atoms with Crippen molar-refractivity contribution in [3.8, 4) is 0 Å². The first kappa shape index (κ1) is 11.4. The fraction of sp³-hybridized carbons (Fsp3) is 1.00. The first-order valence-corrected chi connectivity index (χ1v) is 6.20. The quantitative estimate of drug-likeness (QED) is 0.755. The number of rotatable bonds is 4. The lowest BCUT2D eigenvalue weighted by Gasteiger charge is -2.40. The zero-order valence-corrected chi connectivity index (χ0v) is 10.1. The predicted octanol–water partition coefficient (Wildman–Crippen LogP) is 1.10. The average molecular weight is 212 g/mol. The SMILES string of the molecule is COC1(C)CCCN(CCC2CNC2)C1. The highest BCUT2D eigenvalue weighted by molar-refractivity contribution is 4.85. The maximum Gasteiger partial charge on any atom is 0.0777 e. The van der Waals surface area contributed by atoms with Crippen LogP contribution in [0.1, 0.15) is 26.2 Å². The average Bonchev–Trinajstić information content (AvgIpc) is 2.16. The summed E-state index contributed by atoms with van der Waals surface area (Å²) >= 11 is 0. The molecule has 0 aromatic heterocycles. The van der Waals surface area contributed by atoms with Gasteiger partial charge in [0.1, 0.15) is 0 Å². The number of piperidine rings is 1. The van der Waals surface area contributed by atoms with E-state index in [1.807, 2.05) is 7.11 Å². The maximum absolute atomic E-state index is 5.60. The minimum atomic E-state index is 0.107. The van der Waals surface area contributed by atoms with Crippen LogP contribution in [-0.4, -0.2) is 50.3 Å². The number of likely N-dealkylation sites (tertiary alicyclic amines) is 1. The van der Waals surface area contributed by atoms with Crippen LogP contribution in [0.25, 0.3) is 0 Å². The van der Waals surface area contributed by atoms with Crippen molar-refractivity contribution in [1.29, 1.82) is 0 Å². The number of hydrogen-bond acceptors (Lipinski definition) is 3. The molecule has 0 aromatic carbocycles. The van der Waals surface area contributed by atoms with Crippen molar-refractivity contribution >= 4 is 0 Å². The van der Waals surface area contributed by atoms with E-state index in [0.29, 0.717) is 0 Å². The number of ether oxygens (including phenoxy) is 1. The van der Waals surface area contributed by atoms with E-state index in [-0.39, 0.29) is 5.60 Å². The predicted molar refractivity (Wildman–Crippen MR) is 62.1 cm³/mol. The molecule has 3 nitrogen and oxygen atoms in total. The van der Waals surface area contributed by atoms with Crippen LogP contribution >= 0.6 is 0 Å². The molecule has 0 aromatic rings. The Labute approximate surface area is 93.2 Å². The molecule has 2 aliphatic heterocycles. The monoisotopic (exact) mass is 212 g/mol. The van der Waals surface area contributed by atoms with Gasteiger partial charge in [0.25, 0.3) is 0 Å². The molecule has 15 heavy (non-hydrogen) atoms. The molecule has 0 bridgehead atoms. The Balaban J connectivity index is 1.72. The van der Waals surface area contributed by atoms with Crippen molar-refractivity contribution in [3.63, 3.8) is 0 Å². The second-order valence-corrected chi connectivity index (χ2v) is 5.35. The van der Waals surface area contributed by atoms with Gasteiger partial charge in [-0.15, -0.1) is 0 Å². The van der Waals surface area contributed by atoms with Crippen LogP contribution in [0.4, 0.5) is 0 Å². The van der Waals surface area contributed by atoms with E-state index >= 15 is 0 Å². The molecule has 2 saturated heterocycles. The van der Waals surface area contributed by atoms with E-state index in [1.54, 1.807) is 0 Å². The molecule has 1 atom stereocenters. The molecule has 1 N–H and O–H groups in total. The molecular weight excluding hydrogens is 188 g/mol. The Morgan fingerprint density at radius 1 is 1.47 bits per heavy atom. The summed E-state index contributed by atoms with van der Waals surface area (Å²) in [6.45, 7) is 8.34. The van der Waals surface area contributed by atoms with Crippen LogP contribution in [0, 0.1) is 5.92 Å². The highest BCUT2D eigenvalue weighted by Gasteiger charge is 2.30. The van der Waals surface area contributed by atoms with Gasteiger partial charge >= 0.3 is 0 Å². The maximum atomic E-state index is 5.60. The minimum absolute atomic E-state index is 0.107. The van der Waals surface area contributed by atoms with Gasteiger partial charge in [0.2, 0.25) is 0 Å². The van der Waals surface area contributed by atoms with Crippen LogP contribution < -0.4 is 5.32 Å². The lowest BCUT2D eigenvalue weighted by atomic mass is 9.93. The molecule has 0 saturated carbocycles. The molecule has 3 heteroatoms. The summed E-state index contributed by atoms with van der Waals surface area (Å²) in [5.41, 5.74) is 0.107. The van der Waals surface area contributed by atoms with Gasteiger partial charge < -0.3 is 15.0 Å². The topological polar surface area (TPSA) is 24.5 Å². The Morgan fingerprint density at radius 3 is 2.87 bits per heavy atom. The zero-order chi connectivity index (χ0) is 10.7. The van der Waals surface area contributed by atoms with Gasteiger partial charge in [-0.05, 0) is 58.3 Å². The van der Waals surface area contributed by atoms with Crippen molar-refractivity contribution in [2.45, 2.75) is 31.8 Å². The molecule has 1 unspecified atom stereocenters. The summed E-state index contributed by atoms with van der Waals surface area (Å²) in [5.74, 6) is 0.931. The van der Waals surface area contributed by atoms with Crippen molar-refractivity contribution in [2.75, 3.05) is 39.8 Å². The first-order valence-electron chi connectivity index (χ1n) is 6.20. The molecule has 2 aliphatic rings. The Kier molecular flexibility index (Phi) is 3.65. The van der Waals surface area contributed by atoms with E-state index in [9.17, 15) is 0 Å². The summed E-state index contributed by atoms with van der Waals surface area (Å²) in [6, 6.07) is 0. The van der Waals surface area contributed by atoms with Gasteiger partial charge in [-0.25, -0.2) is 0 Å². The third-order valence-electron chi connectivity index (χ3n) is 3.95. The van der Waals surface area contributed by atoms with Crippen LogP contribution in [0.15, 0.2) is 0 Å². The Bertz CT molecular complexity index is 206. The smallest absolute Gasteiger partial charge is 0.0777 e. The fourth-order valence-corrected chi connectivity index (χ4v) is 2.58. The molecule has 0 aliphatic carbocycles. The van der Waals surface area contributed by atoms with Gasteiger partial charge in [-0.1, -0.05) is 0 Å². The second kappa shape index (κ2) is 4.81. The lowest BCUT2D eigenvalue weighted by Crippen LogP contribution is -2.49. The molecule has 0 spiro atoms. The summed E-state index contributed by atoms with van der Waals surface area (Å²) in [5, 5.41) is 3.33. The third kappa shape index (κ3) is 2.92. The van der Waals surface area contributed by atoms with E-state index in [0.717, 1.165) is 12.5 Å². The molecule has 0 amide bonds. The summed E-state index contributed by atoms with van der Waals surface area (Å²) in [6.07, 6.45) is 3.85. The summed E-state index contributed by atoms with van der Waals surface area (Å²) < 4.78 is 5.60. The van der Waals surface area contributed by atoms with Gasteiger partial charge in [0.05, 0.1) is 5.60 Å². The van der Waals surface area contributed by atoms with Crippen molar-refractivity contribution < 1.29 is 4.74 Å². The van der Waals surface area contributed by atoms with Crippen LogP contribution in [-0.2, 0) is 4.74 Å². The standard InChI is InChI=1S/C12H24N2O/c1-12(15-2)5-3-6-14(10-12)7-4-11-8-13-9-11/h11,13H,3-10H2,1-2H3. The highest BCUT2D eigenvalue weighted by Crippen LogP contribution is 2.24. The van der Waals surface area contributed by atoms with Crippen LogP contribution in [0.2, 0.25) is 0 Å². The number of methoxy groups -OCH3 is 1. The van der Waals surface area contributed by atoms with Gasteiger partial charge in [-0.3, -0.25) is 0 Å². The molecule has 2 fully saturated rings. The molecule has 88 valence electrons. The largest absolute Gasteiger partial charge is 0.377 e. The van der Waals surface area contributed by atoms with E-state index in [4.69, 9.17) is 4.74 Å². The normalized spacial score (nSPS) is 34.0. The van der Waals surface area contributed by atoms with Crippen molar-refractivity contribution in [2.24, 2.45) is 5.92 Å². The molecule has 2 heterocycles. The summed E-state index contributed by atoms with van der Waals surface area (Å²) in [4.78, 5) is 2.57. The number of nitrogens with zero attached hydrogens (tertiary/aromatic N) is 1. The molecule has 2 rings (SSSR count). The van der Waals surface area contributed by atoms with Gasteiger partial charge in [0.15, 0.2) is 0 Å².